The molecule has 0 aromatic carbocycles. The van der Waals surface area contributed by atoms with Gasteiger partial charge in [-0.25, -0.2) is 0 Å². The lowest BCUT2D eigenvalue weighted by Gasteiger charge is -2.27. The Labute approximate surface area is 90.1 Å². The van der Waals surface area contributed by atoms with Gasteiger partial charge in [0.1, 0.15) is 0 Å². The highest BCUT2D eigenvalue weighted by Gasteiger charge is 2.25. The van der Waals surface area contributed by atoms with Gasteiger partial charge in [-0.1, -0.05) is 13.8 Å². The second kappa shape index (κ2) is 5.86. The molecule has 0 bridgehead atoms. The maximum atomic E-state index is 12.1. The summed E-state index contributed by atoms with van der Waals surface area (Å²) in [6, 6.07) is 0. The third kappa shape index (κ3) is 3.35. The number of nitrogens with two attached hydrogens (primary N) is 1. The van der Waals surface area contributed by atoms with E-state index in [-0.39, 0.29) is 0 Å². The van der Waals surface area contributed by atoms with Crippen LogP contribution in [-0.4, -0.2) is 21.3 Å². The lowest BCUT2D eigenvalue weighted by Crippen LogP contribution is -2.29. The number of hydrogen-bond donors (Lipinski definition) is 1. The first-order valence-electron chi connectivity index (χ1n) is 5.74. The standard InChI is InChI=1S/C11H23NOS/c1-9-3-5-11(6-4-9)14(13)10(2)7-8-12/h9-11H,3-8,12H2,1-2H3. The Hall–Kier alpha value is 0.110. The zero-order valence-corrected chi connectivity index (χ0v) is 10.2. The van der Waals surface area contributed by atoms with Gasteiger partial charge in [-0.05, 0) is 44.6 Å². The van der Waals surface area contributed by atoms with E-state index in [4.69, 9.17) is 5.73 Å². The Morgan fingerprint density at radius 2 is 1.93 bits per heavy atom. The van der Waals surface area contributed by atoms with Crippen LogP contribution in [0.2, 0.25) is 0 Å². The van der Waals surface area contributed by atoms with Gasteiger partial charge in [0.2, 0.25) is 0 Å². The lowest BCUT2D eigenvalue weighted by atomic mass is 9.91. The summed E-state index contributed by atoms with van der Waals surface area (Å²) in [6.45, 7) is 5.03. The van der Waals surface area contributed by atoms with Crippen LogP contribution in [0.25, 0.3) is 0 Å². The van der Waals surface area contributed by atoms with E-state index < -0.39 is 10.8 Å². The molecule has 1 aliphatic rings. The van der Waals surface area contributed by atoms with Crippen LogP contribution >= 0.6 is 0 Å². The van der Waals surface area contributed by atoms with Crippen LogP contribution < -0.4 is 5.73 Å². The van der Waals surface area contributed by atoms with Crippen LogP contribution in [-0.2, 0) is 10.8 Å². The fraction of sp³-hybridized carbons (Fsp3) is 1.00. The molecule has 0 heterocycles. The molecular formula is C11H23NOS. The average Bonchev–Trinajstić information content (AvgIpc) is 2.18. The third-order valence-corrected chi connectivity index (χ3v) is 5.42. The smallest absolute Gasteiger partial charge is 0.0351 e. The first-order valence-corrected chi connectivity index (χ1v) is 7.02. The predicted octanol–water partition coefficient (Wildman–Crippen LogP) is 2.05. The largest absolute Gasteiger partial charge is 0.330 e. The molecule has 3 heteroatoms. The minimum atomic E-state index is -0.646. The van der Waals surface area contributed by atoms with Gasteiger partial charge in [-0.2, -0.15) is 0 Å². The van der Waals surface area contributed by atoms with Gasteiger partial charge in [0, 0.05) is 21.3 Å². The van der Waals surface area contributed by atoms with Crippen molar-refractivity contribution in [1.29, 1.82) is 0 Å². The van der Waals surface area contributed by atoms with Crippen LogP contribution in [0, 0.1) is 5.92 Å². The van der Waals surface area contributed by atoms with Gasteiger partial charge in [0.25, 0.3) is 0 Å². The van der Waals surface area contributed by atoms with E-state index in [2.05, 4.69) is 13.8 Å². The zero-order chi connectivity index (χ0) is 10.6. The molecule has 2 N–H and O–H groups in total. The summed E-state index contributed by atoms with van der Waals surface area (Å²) in [7, 11) is -0.646. The van der Waals surface area contributed by atoms with E-state index in [0.29, 0.717) is 17.0 Å². The van der Waals surface area contributed by atoms with Gasteiger partial charge >= 0.3 is 0 Å². The van der Waals surface area contributed by atoms with Crippen molar-refractivity contribution in [2.24, 2.45) is 11.7 Å². The topological polar surface area (TPSA) is 43.1 Å². The summed E-state index contributed by atoms with van der Waals surface area (Å²) in [4.78, 5) is 0. The summed E-state index contributed by atoms with van der Waals surface area (Å²) < 4.78 is 12.1. The van der Waals surface area contributed by atoms with Crippen molar-refractivity contribution < 1.29 is 4.21 Å². The maximum absolute atomic E-state index is 12.1. The van der Waals surface area contributed by atoms with Gasteiger partial charge in [-0.3, -0.25) is 4.21 Å². The van der Waals surface area contributed by atoms with E-state index >= 15 is 0 Å². The Morgan fingerprint density at radius 1 is 1.36 bits per heavy atom. The normalized spacial score (nSPS) is 32.5. The van der Waals surface area contributed by atoms with Crippen molar-refractivity contribution >= 4 is 10.8 Å². The minimum absolute atomic E-state index is 0.290. The van der Waals surface area contributed by atoms with Gasteiger partial charge in [-0.15, -0.1) is 0 Å². The molecule has 0 aliphatic heterocycles. The Bertz CT molecular complexity index is 188. The van der Waals surface area contributed by atoms with E-state index in [1.54, 1.807) is 0 Å². The molecule has 0 aromatic heterocycles. The molecule has 0 spiro atoms. The van der Waals surface area contributed by atoms with Gasteiger partial charge in [0.05, 0.1) is 0 Å². The highest BCUT2D eigenvalue weighted by atomic mass is 32.2. The molecule has 1 aliphatic carbocycles. The van der Waals surface area contributed by atoms with Gasteiger partial charge < -0.3 is 5.73 Å². The summed E-state index contributed by atoms with van der Waals surface area (Å²) in [5, 5.41) is 0.742. The van der Waals surface area contributed by atoms with Crippen molar-refractivity contribution in [1.82, 2.24) is 0 Å². The second-order valence-corrected chi connectivity index (χ2v) is 6.73. The molecule has 2 nitrogen and oxygen atoms in total. The molecule has 14 heavy (non-hydrogen) atoms. The number of rotatable bonds is 4. The molecule has 0 amide bonds. The molecule has 1 fully saturated rings. The van der Waals surface area contributed by atoms with Crippen molar-refractivity contribution in [3.8, 4) is 0 Å². The average molecular weight is 217 g/mol. The fourth-order valence-corrected chi connectivity index (χ4v) is 3.90. The molecule has 1 rings (SSSR count). The van der Waals surface area contributed by atoms with Crippen molar-refractivity contribution in [3.05, 3.63) is 0 Å². The first-order chi connectivity index (χ1) is 6.65. The molecule has 2 atom stereocenters. The quantitative estimate of drug-likeness (QED) is 0.783. The second-order valence-electron chi connectivity index (χ2n) is 4.60. The van der Waals surface area contributed by atoms with Crippen LogP contribution in [0.4, 0.5) is 0 Å². The van der Waals surface area contributed by atoms with E-state index in [1.165, 1.54) is 12.8 Å². The summed E-state index contributed by atoms with van der Waals surface area (Å²) in [5.74, 6) is 0.841. The van der Waals surface area contributed by atoms with Gasteiger partial charge in [0.15, 0.2) is 0 Å². The van der Waals surface area contributed by atoms with Crippen LogP contribution in [0.1, 0.15) is 46.0 Å². The Balaban J connectivity index is 2.37. The lowest BCUT2D eigenvalue weighted by molar-refractivity contribution is 0.388. The summed E-state index contributed by atoms with van der Waals surface area (Å²) >= 11 is 0. The highest BCUT2D eigenvalue weighted by Crippen LogP contribution is 2.28. The van der Waals surface area contributed by atoms with Crippen LogP contribution in [0.3, 0.4) is 0 Å². The third-order valence-electron chi connectivity index (χ3n) is 3.26. The maximum Gasteiger partial charge on any atom is 0.0351 e. The van der Waals surface area contributed by atoms with E-state index in [1.807, 2.05) is 0 Å². The number of hydrogen-bond acceptors (Lipinski definition) is 2. The molecule has 1 saturated carbocycles. The molecular weight excluding hydrogens is 194 g/mol. The minimum Gasteiger partial charge on any atom is -0.330 e. The van der Waals surface area contributed by atoms with E-state index in [0.717, 1.165) is 25.2 Å². The van der Waals surface area contributed by atoms with E-state index in [9.17, 15) is 4.21 Å². The Kier molecular flexibility index (Phi) is 5.10. The first kappa shape index (κ1) is 12.2. The SMILES string of the molecule is CC1CCC(S(=O)C(C)CCN)CC1. The van der Waals surface area contributed by atoms with Crippen LogP contribution in [0.15, 0.2) is 0 Å². The van der Waals surface area contributed by atoms with Crippen molar-refractivity contribution in [2.75, 3.05) is 6.54 Å². The Morgan fingerprint density at radius 3 is 2.43 bits per heavy atom. The molecule has 0 radical (unpaired) electrons. The van der Waals surface area contributed by atoms with Crippen molar-refractivity contribution in [3.63, 3.8) is 0 Å². The van der Waals surface area contributed by atoms with Crippen molar-refractivity contribution in [2.45, 2.75) is 56.5 Å². The summed E-state index contributed by atoms with van der Waals surface area (Å²) in [5.41, 5.74) is 5.48. The molecule has 0 saturated heterocycles. The summed E-state index contributed by atoms with van der Waals surface area (Å²) in [6.07, 6.45) is 5.72. The molecule has 0 aromatic rings. The highest BCUT2D eigenvalue weighted by molar-refractivity contribution is 7.86. The molecule has 2 unspecified atom stereocenters. The zero-order valence-electron chi connectivity index (χ0n) is 9.37. The fourth-order valence-electron chi connectivity index (χ4n) is 2.14. The monoisotopic (exact) mass is 217 g/mol. The predicted molar refractivity (Wildman–Crippen MR) is 62.7 cm³/mol. The molecule has 84 valence electrons. The van der Waals surface area contributed by atoms with Crippen LogP contribution in [0.5, 0.6) is 0 Å².